The average molecular weight is 471 g/mol. The first-order valence-corrected chi connectivity index (χ1v) is 10.6. The molecule has 0 bridgehead atoms. The monoisotopic (exact) mass is 471 g/mol. The summed E-state index contributed by atoms with van der Waals surface area (Å²) in [6, 6.07) is 13.0. The van der Waals surface area contributed by atoms with E-state index in [4.69, 9.17) is 9.26 Å². The van der Waals surface area contributed by atoms with Gasteiger partial charge in [-0.3, -0.25) is 19.7 Å². The number of ether oxygens (including phenoxy) is 1. The van der Waals surface area contributed by atoms with E-state index >= 15 is 0 Å². The number of hydrogen-bond donors (Lipinski definition) is 0. The van der Waals surface area contributed by atoms with Crippen LogP contribution in [-0.2, 0) is 11.3 Å². The molecule has 10 nitrogen and oxygen atoms in total. The molecule has 1 aromatic heterocycles. The summed E-state index contributed by atoms with van der Waals surface area (Å²) in [6.45, 7) is 3.47. The Morgan fingerprint density at radius 1 is 1.03 bits per heavy atom. The van der Waals surface area contributed by atoms with E-state index < -0.39 is 22.7 Å². The van der Waals surface area contributed by atoms with E-state index in [-0.39, 0.29) is 45.4 Å². The fourth-order valence-corrected chi connectivity index (χ4v) is 4.15. The van der Waals surface area contributed by atoms with Gasteiger partial charge in [0.05, 0.1) is 32.8 Å². The summed E-state index contributed by atoms with van der Waals surface area (Å²) in [5.41, 5.74) is 1.99. The Bertz CT molecular complexity index is 1510. The van der Waals surface area contributed by atoms with Crippen LogP contribution in [0.4, 0.5) is 11.4 Å². The lowest BCUT2D eigenvalue weighted by Gasteiger charge is -2.27. The number of anilines is 1. The number of nitro groups is 1. The normalized spacial score (nSPS) is 12.8. The predicted octanol–water partition coefficient (Wildman–Crippen LogP) is 4.51. The number of carbonyl (C=O) groups excluding carboxylic acids is 3. The number of carbonyl (C=O) groups is 3. The second kappa shape index (κ2) is 8.17. The second-order valence-electron chi connectivity index (χ2n) is 7.99. The number of esters is 1. The number of imide groups is 1. The van der Waals surface area contributed by atoms with Gasteiger partial charge in [0.25, 0.3) is 17.5 Å². The van der Waals surface area contributed by atoms with Crippen LogP contribution >= 0.6 is 0 Å². The van der Waals surface area contributed by atoms with Crippen LogP contribution in [0.2, 0.25) is 0 Å². The molecule has 35 heavy (non-hydrogen) atoms. The molecule has 4 aromatic rings. The Balaban J connectivity index is 1.43. The first kappa shape index (κ1) is 22.0. The molecule has 1 aliphatic heterocycles. The van der Waals surface area contributed by atoms with Crippen LogP contribution in [0.15, 0.2) is 59.1 Å². The van der Waals surface area contributed by atoms with E-state index in [1.807, 2.05) is 0 Å². The molecule has 3 aromatic carbocycles. The molecule has 2 amide bonds. The minimum absolute atomic E-state index is 0.00221. The van der Waals surface area contributed by atoms with Gasteiger partial charge in [0, 0.05) is 22.6 Å². The van der Waals surface area contributed by atoms with Crippen molar-refractivity contribution in [1.29, 1.82) is 0 Å². The van der Waals surface area contributed by atoms with Gasteiger partial charge in [0.15, 0.2) is 0 Å². The van der Waals surface area contributed by atoms with Crippen molar-refractivity contribution in [3.05, 3.63) is 98.4 Å². The molecule has 0 aliphatic carbocycles. The van der Waals surface area contributed by atoms with Crippen LogP contribution in [0, 0.1) is 24.0 Å². The van der Waals surface area contributed by atoms with Gasteiger partial charge < -0.3 is 9.26 Å². The lowest BCUT2D eigenvalue weighted by atomic mass is 9.92. The number of aromatic nitrogens is 1. The molecule has 0 saturated heterocycles. The minimum Gasteiger partial charge on any atom is -0.457 e. The van der Waals surface area contributed by atoms with Gasteiger partial charge in [0.1, 0.15) is 12.4 Å². The third-order valence-corrected chi connectivity index (χ3v) is 5.97. The van der Waals surface area contributed by atoms with Crippen LogP contribution in [0.25, 0.3) is 10.8 Å². The Labute approximate surface area is 197 Å². The molecule has 0 saturated carbocycles. The number of hydrogen-bond acceptors (Lipinski definition) is 8. The Morgan fingerprint density at radius 3 is 2.34 bits per heavy atom. The second-order valence-corrected chi connectivity index (χ2v) is 7.99. The number of nitrogens with zero attached hydrogens (tertiary/aromatic N) is 3. The maximum Gasteiger partial charge on any atom is 0.338 e. The van der Waals surface area contributed by atoms with E-state index in [2.05, 4.69) is 5.16 Å². The summed E-state index contributed by atoms with van der Waals surface area (Å²) < 4.78 is 10.4. The van der Waals surface area contributed by atoms with Crippen molar-refractivity contribution < 1.29 is 28.6 Å². The molecule has 10 heteroatoms. The highest BCUT2D eigenvalue weighted by atomic mass is 16.6. The summed E-state index contributed by atoms with van der Waals surface area (Å²) in [5.74, 6) is -1.24. The molecule has 2 heterocycles. The molecular weight excluding hydrogens is 454 g/mol. The lowest BCUT2D eigenvalue weighted by Crippen LogP contribution is -2.40. The molecule has 5 rings (SSSR count). The van der Waals surface area contributed by atoms with Crippen LogP contribution in [0.3, 0.4) is 0 Å². The number of rotatable bonds is 5. The molecule has 0 radical (unpaired) electrons. The van der Waals surface area contributed by atoms with Crippen LogP contribution in [0.1, 0.15) is 48.1 Å². The van der Waals surface area contributed by atoms with Gasteiger partial charge in [-0.15, -0.1) is 0 Å². The summed E-state index contributed by atoms with van der Waals surface area (Å²) in [6.07, 6.45) is 0. The molecule has 0 unspecified atom stereocenters. The number of aryl methyl sites for hydroxylation is 2. The molecule has 1 aliphatic rings. The zero-order valence-electron chi connectivity index (χ0n) is 18.6. The fraction of sp³-hybridized carbons (Fsp3) is 0.120. The highest BCUT2D eigenvalue weighted by Crippen LogP contribution is 2.36. The maximum absolute atomic E-state index is 13.2. The molecule has 0 atom stereocenters. The SMILES string of the molecule is Cc1noc(C)c1COC(=O)c1ccc(N2C(=O)c3cccc4c([N+](=O)[O-])ccc(c34)C2=O)cc1. The van der Waals surface area contributed by atoms with Gasteiger partial charge in [-0.05, 0) is 56.3 Å². The van der Waals surface area contributed by atoms with E-state index in [1.54, 1.807) is 19.9 Å². The third kappa shape index (κ3) is 3.52. The number of benzene rings is 3. The number of non-ortho nitro benzene ring substituents is 1. The highest BCUT2D eigenvalue weighted by Gasteiger charge is 2.35. The van der Waals surface area contributed by atoms with E-state index in [1.165, 1.54) is 48.5 Å². The van der Waals surface area contributed by atoms with E-state index in [9.17, 15) is 24.5 Å². The van der Waals surface area contributed by atoms with Gasteiger partial charge in [-0.2, -0.15) is 0 Å². The quantitative estimate of drug-likeness (QED) is 0.180. The summed E-state index contributed by atoms with van der Waals surface area (Å²) in [4.78, 5) is 50.8. The highest BCUT2D eigenvalue weighted by molar-refractivity contribution is 6.36. The Kier molecular flexibility index (Phi) is 5.13. The average Bonchev–Trinajstić information content (AvgIpc) is 3.17. The topological polar surface area (TPSA) is 133 Å². The molecule has 0 N–H and O–H groups in total. The molecule has 0 spiro atoms. The van der Waals surface area contributed by atoms with E-state index in [0.717, 1.165) is 4.90 Å². The molecule has 174 valence electrons. The first-order chi connectivity index (χ1) is 16.8. The van der Waals surface area contributed by atoms with Crippen molar-refractivity contribution in [3.63, 3.8) is 0 Å². The van der Waals surface area contributed by atoms with Gasteiger partial charge in [-0.1, -0.05) is 11.2 Å². The van der Waals surface area contributed by atoms with Gasteiger partial charge in [-0.25, -0.2) is 9.69 Å². The fourth-order valence-electron chi connectivity index (χ4n) is 4.15. The summed E-state index contributed by atoms with van der Waals surface area (Å²) >= 11 is 0. The smallest absolute Gasteiger partial charge is 0.338 e. The van der Waals surface area contributed by atoms with Crippen LogP contribution in [-0.4, -0.2) is 27.9 Å². The van der Waals surface area contributed by atoms with Crippen molar-refractivity contribution in [2.24, 2.45) is 0 Å². The van der Waals surface area contributed by atoms with Gasteiger partial charge in [0.2, 0.25) is 0 Å². The largest absolute Gasteiger partial charge is 0.457 e. The van der Waals surface area contributed by atoms with Crippen molar-refractivity contribution in [1.82, 2.24) is 5.16 Å². The standard InChI is InChI=1S/C25H17N3O7/c1-13-20(14(2)35-26-13)12-34-25(31)15-6-8-16(9-7-15)27-23(29)18-5-3-4-17-21(28(32)33)11-10-19(22(17)18)24(27)30/h3-11H,12H2,1-2H3. The summed E-state index contributed by atoms with van der Waals surface area (Å²) in [5, 5.41) is 15.7. The first-order valence-electron chi connectivity index (χ1n) is 10.6. The Hall–Kier alpha value is -4.86. The Morgan fingerprint density at radius 2 is 1.71 bits per heavy atom. The third-order valence-electron chi connectivity index (χ3n) is 5.97. The molecule has 0 fully saturated rings. The predicted molar refractivity (Wildman–Crippen MR) is 123 cm³/mol. The van der Waals surface area contributed by atoms with Gasteiger partial charge >= 0.3 is 5.97 Å². The van der Waals surface area contributed by atoms with Crippen LogP contribution in [0.5, 0.6) is 0 Å². The lowest BCUT2D eigenvalue weighted by molar-refractivity contribution is -0.383. The van der Waals surface area contributed by atoms with Crippen molar-refractivity contribution in [2.75, 3.05) is 4.90 Å². The zero-order chi connectivity index (χ0) is 24.9. The maximum atomic E-state index is 13.2. The molecular formula is C25H17N3O7. The number of amides is 2. The van der Waals surface area contributed by atoms with E-state index in [0.29, 0.717) is 17.0 Å². The summed E-state index contributed by atoms with van der Waals surface area (Å²) in [7, 11) is 0. The van der Waals surface area contributed by atoms with Crippen molar-refractivity contribution in [3.8, 4) is 0 Å². The van der Waals surface area contributed by atoms with Crippen molar-refractivity contribution >= 4 is 39.9 Å². The van der Waals surface area contributed by atoms with Crippen LogP contribution < -0.4 is 4.90 Å². The number of nitro benzene ring substituents is 1. The zero-order valence-corrected chi connectivity index (χ0v) is 18.6. The van der Waals surface area contributed by atoms with Crippen molar-refractivity contribution in [2.45, 2.75) is 20.5 Å². The minimum atomic E-state index is -0.609.